The second-order valence-corrected chi connectivity index (χ2v) is 14.3. The van der Waals surface area contributed by atoms with Crippen LogP contribution in [0.1, 0.15) is 72.0 Å². The number of esters is 1. The molecule has 1 aromatic heterocycles. The largest absolute Gasteiger partial charge is 0.484 e. The third kappa shape index (κ3) is 9.86. The number of ether oxygens (including phenoxy) is 3. The van der Waals surface area contributed by atoms with Gasteiger partial charge in [0.1, 0.15) is 23.6 Å². The maximum Gasteiger partial charge on any atom is 0.341 e. The van der Waals surface area contributed by atoms with Gasteiger partial charge in [-0.25, -0.2) is 9.78 Å². The minimum atomic E-state index is -1.11. The SMILES string of the molecule is CC(C)[C@H](NC(=O)[C@@H]1CCCN1C(=O)[C@@H](NC(=O)COc1ccc(OCC(=O)O)cc1)C(C)C)C(=O)c1nc2c(OC(=O)C(C)(C)C)cccc2o1. The van der Waals surface area contributed by atoms with Gasteiger partial charge in [-0.1, -0.05) is 33.8 Å². The standard InChI is InChI=1S/C37H46N4O11/c1-20(2)29(32(45)34-40-31-25(51-34)11-8-12-26(31)52-36(48)37(5,6)7)39-33(46)24-10-9-17-41(24)35(47)30(21(3)4)38-27(42)18-49-22-13-15-23(16-14-22)50-19-28(43)44/h8,11-16,20-21,24,29-30H,9-10,17-19H2,1-7H3,(H,38,42)(H,39,46)(H,43,44)/t24-,29-,30-/m0/s1. The van der Waals surface area contributed by atoms with E-state index in [1.165, 1.54) is 29.2 Å². The molecular formula is C37H46N4O11. The lowest BCUT2D eigenvalue weighted by Crippen LogP contribution is -2.57. The summed E-state index contributed by atoms with van der Waals surface area (Å²) in [5.41, 5.74) is -0.353. The third-order valence-corrected chi connectivity index (χ3v) is 8.30. The summed E-state index contributed by atoms with van der Waals surface area (Å²) in [4.78, 5) is 83.1. The number of rotatable bonds is 15. The van der Waals surface area contributed by atoms with Crippen molar-refractivity contribution in [3.63, 3.8) is 0 Å². The van der Waals surface area contributed by atoms with Crippen LogP contribution >= 0.6 is 0 Å². The number of nitrogens with zero attached hydrogens (tertiary/aromatic N) is 2. The fourth-order valence-corrected chi connectivity index (χ4v) is 5.42. The number of benzene rings is 2. The topological polar surface area (TPSA) is 204 Å². The molecule has 52 heavy (non-hydrogen) atoms. The van der Waals surface area contributed by atoms with Crippen molar-refractivity contribution in [1.29, 1.82) is 0 Å². The lowest BCUT2D eigenvalue weighted by atomic mass is 9.97. The van der Waals surface area contributed by atoms with E-state index < -0.39 is 72.2 Å². The number of amides is 3. The summed E-state index contributed by atoms with van der Waals surface area (Å²) in [5.74, 6) is -3.89. The van der Waals surface area contributed by atoms with E-state index in [2.05, 4.69) is 15.6 Å². The summed E-state index contributed by atoms with van der Waals surface area (Å²) in [7, 11) is 0. The van der Waals surface area contributed by atoms with Crippen molar-refractivity contribution in [1.82, 2.24) is 20.5 Å². The number of carboxylic acids is 1. The van der Waals surface area contributed by atoms with Gasteiger partial charge in [-0.05, 0) is 81.8 Å². The van der Waals surface area contributed by atoms with Gasteiger partial charge in [-0.2, -0.15) is 0 Å². The molecule has 0 bridgehead atoms. The normalized spacial score (nSPS) is 15.6. The van der Waals surface area contributed by atoms with E-state index in [1.807, 2.05) is 0 Å². The molecule has 3 amide bonds. The van der Waals surface area contributed by atoms with Crippen LogP contribution in [0.5, 0.6) is 17.2 Å². The molecule has 0 saturated carbocycles. The molecule has 2 heterocycles. The molecule has 1 aliphatic rings. The number of oxazole rings is 1. The Hall–Kier alpha value is -5.47. The van der Waals surface area contributed by atoms with Crippen LogP contribution in [0, 0.1) is 17.3 Å². The van der Waals surface area contributed by atoms with E-state index in [9.17, 15) is 28.8 Å². The monoisotopic (exact) mass is 722 g/mol. The van der Waals surface area contributed by atoms with Crippen LogP contribution < -0.4 is 24.8 Å². The summed E-state index contributed by atoms with van der Waals surface area (Å²) in [6.45, 7) is 11.6. The second kappa shape index (κ2) is 16.7. The molecule has 3 atom stereocenters. The number of para-hydroxylation sites is 1. The van der Waals surface area contributed by atoms with Crippen molar-refractivity contribution in [2.24, 2.45) is 17.3 Å². The smallest absolute Gasteiger partial charge is 0.341 e. The van der Waals surface area contributed by atoms with Gasteiger partial charge in [-0.15, -0.1) is 0 Å². The molecule has 0 aliphatic carbocycles. The number of fused-ring (bicyclic) bond motifs is 1. The van der Waals surface area contributed by atoms with E-state index >= 15 is 0 Å². The van der Waals surface area contributed by atoms with Crippen LogP contribution in [0.3, 0.4) is 0 Å². The van der Waals surface area contributed by atoms with Crippen LogP contribution in [0.2, 0.25) is 0 Å². The number of carbonyl (C=O) groups excluding carboxylic acids is 5. The Morgan fingerprint density at radius 3 is 2.10 bits per heavy atom. The van der Waals surface area contributed by atoms with E-state index in [1.54, 1.807) is 66.7 Å². The molecule has 1 fully saturated rings. The van der Waals surface area contributed by atoms with Crippen LogP contribution in [0.4, 0.5) is 0 Å². The summed E-state index contributed by atoms with van der Waals surface area (Å²) >= 11 is 0. The molecule has 0 unspecified atom stereocenters. The van der Waals surface area contributed by atoms with Gasteiger partial charge < -0.3 is 39.3 Å². The van der Waals surface area contributed by atoms with Crippen LogP contribution in [-0.2, 0) is 24.0 Å². The molecule has 280 valence electrons. The lowest BCUT2D eigenvalue weighted by molar-refractivity contribution is -0.143. The van der Waals surface area contributed by atoms with Crippen molar-refractivity contribution in [2.75, 3.05) is 19.8 Å². The van der Waals surface area contributed by atoms with Gasteiger partial charge in [0.05, 0.1) is 11.5 Å². The summed E-state index contributed by atoms with van der Waals surface area (Å²) in [6.07, 6.45) is 0.898. The Kier molecular flexibility index (Phi) is 12.6. The van der Waals surface area contributed by atoms with Crippen LogP contribution in [-0.4, -0.2) is 88.3 Å². The Morgan fingerprint density at radius 2 is 1.52 bits per heavy atom. The number of aromatic nitrogens is 1. The van der Waals surface area contributed by atoms with Gasteiger partial charge in [-0.3, -0.25) is 24.0 Å². The molecule has 2 aromatic carbocycles. The van der Waals surface area contributed by atoms with E-state index in [0.717, 1.165) is 0 Å². The predicted molar refractivity (Wildman–Crippen MR) is 187 cm³/mol. The third-order valence-electron chi connectivity index (χ3n) is 8.30. The summed E-state index contributed by atoms with van der Waals surface area (Å²) in [6, 6.07) is 7.91. The molecule has 15 heteroatoms. The first-order valence-electron chi connectivity index (χ1n) is 17.1. The zero-order valence-corrected chi connectivity index (χ0v) is 30.4. The van der Waals surface area contributed by atoms with Crippen LogP contribution in [0.25, 0.3) is 11.1 Å². The average molecular weight is 723 g/mol. The fourth-order valence-electron chi connectivity index (χ4n) is 5.42. The highest BCUT2D eigenvalue weighted by molar-refractivity contribution is 6.02. The highest BCUT2D eigenvalue weighted by atomic mass is 16.5. The number of carbonyl (C=O) groups is 6. The number of Topliss-reactive ketones (excluding diaryl/α,β-unsaturated/α-hetero) is 1. The number of hydrogen-bond acceptors (Lipinski definition) is 11. The maximum atomic E-state index is 13.8. The zero-order chi connectivity index (χ0) is 38.3. The molecule has 1 saturated heterocycles. The Morgan fingerprint density at radius 1 is 0.904 bits per heavy atom. The molecule has 0 spiro atoms. The lowest BCUT2D eigenvalue weighted by Gasteiger charge is -2.31. The first-order valence-corrected chi connectivity index (χ1v) is 17.1. The van der Waals surface area contributed by atoms with Gasteiger partial charge in [0, 0.05) is 6.54 Å². The van der Waals surface area contributed by atoms with Crippen molar-refractivity contribution >= 4 is 46.5 Å². The first-order chi connectivity index (χ1) is 24.5. The van der Waals surface area contributed by atoms with Crippen molar-refractivity contribution < 1.29 is 52.5 Å². The van der Waals surface area contributed by atoms with Crippen molar-refractivity contribution in [3.05, 3.63) is 48.4 Å². The fraction of sp³-hybridized carbons (Fsp3) is 0.486. The molecule has 1 aliphatic heterocycles. The van der Waals surface area contributed by atoms with Gasteiger partial charge in [0.15, 0.2) is 30.1 Å². The molecular weight excluding hydrogens is 676 g/mol. The first kappa shape index (κ1) is 39.3. The quantitative estimate of drug-likeness (QED) is 0.117. The van der Waals surface area contributed by atoms with Gasteiger partial charge in [0.2, 0.25) is 17.6 Å². The number of hydrogen-bond donors (Lipinski definition) is 3. The van der Waals surface area contributed by atoms with E-state index in [4.69, 9.17) is 23.7 Å². The number of likely N-dealkylation sites (tertiary alicyclic amines) is 1. The number of ketones is 1. The molecule has 3 N–H and O–H groups in total. The number of carboxylic acid groups (broad SMARTS) is 1. The second-order valence-electron chi connectivity index (χ2n) is 14.3. The summed E-state index contributed by atoms with van der Waals surface area (Å²) < 4.78 is 21.9. The number of aliphatic carboxylic acids is 1. The minimum Gasteiger partial charge on any atom is -0.484 e. The van der Waals surface area contributed by atoms with Gasteiger partial charge in [0.25, 0.3) is 11.8 Å². The predicted octanol–water partition coefficient (Wildman–Crippen LogP) is 3.78. The Balaban J connectivity index is 1.41. The molecule has 0 radical (unpaired) electrons. The molecule has 4 rings (SSSR count). The van der Waals surface area contributed by atoms with Crippen molar-refractivity contribution in [2.45, 2.75) is 79.4 Å². The number of nitrogens with one attached hydrogen (secondary N) is 2. The zero-order valence-electron chi connectivity index (χ0n) is 30.4. The van der Waals surface area contributed by atoms with E-state index in [-0.39, 0.29) is 41.1 Å². The van der Waals surface area contributed by atoms with Crippen LogP contribution in [0.15, 0.2) is 46.9 Å². The van der Waals surface area contributed by atoms with E-state index in [0.29, 0.717) is 24.3 Å². The van der Waals surface area contributed by atoms with Crippen molar-refractivity contribution in [3.8, 4) is 17.2 Å². The highest BCUT2D eigenvalue weighted by Crippen LogP contribution is 2.29. The highest BCUT2D eigenvalue weighted by Gasteiger charge is 2.40. The minimum absolute atomic E-state index is 0.141. The maximum absolute atomic E-state index is 13.8. The molecule has 15 nitrogen and oxygen atoms in total. The Labute approximate surface area is 301 Å². The average Bonchev–Trinajstić information content (AvgIpc) is 3.75. The summed E-state index contributed by atoms with van der Waals surface area (Å²) in [5, 5.41) is 14.3. The molecule has 3 aromatic rings. The van der Waals surface area contributed by atoms with Gasteiger partial charge >= 0.3 is 11.9 Å². The Bertz CT molecular complexity index is 1790.